The molecule has 6 heteroatoms. The number of rotatable bonds is 10. The molecule has 0 aliphatic carbocycles. The lowest BCUT2D eigenvalue weighted by Gasteiger charge is -2.17. The first-order valence-electron chi connectivity index (χ1n) is 8.07. The summed E-state index contributed by atoms with van der Waals surface area (Å²) in [6, 6.07) is 5.60. The Hall–Kier alpha value is -1.72. The Morgan fingerprint density at radius 3 is 2.71 bits per heavy atom. The van der Waals surface area contributed by atoms with E-state index in [0.717, 1.165) is 24.8 Å². The van der Waals surface area contributed by atoms with Gasteiger partial charge in [0.2, 0.25) is 0 Å². The highest BCUT2D eigenvalue weighted by molar-refractivity contribution is 5.85. The first-order chi connectivity index (χ1) is 11.1. The van der Waals surface area contributed by atoms with Gasteiger partial charge < -0.3 is 20.5 Å². The van der Waals surface area contributed by atoms with Gasteiger partial charge in [-0.15, -0.1) is 12.4 Å². The Labute approximate surface area is 151 Å². The van der Waals surface area contributed by atoms with E-state index in [4.69, 9.17) is 15.2 Å². The molecule has 0 radical (unpaired) electrons. The molecule has 0 spiro atoms. The summed E-state index contributed by atoms with van der Waals surface area (Å²) in [4.78, 5) is 12.0. The molecule has 0 saturated carbocycles. The predicted octanol–water partition coefficient (Wildman–Crippen LogP) is 3.16. The minimum absolute atomic E-state index is 0. The van der Waals surface area contributed by atoms with E-state index < -0.39 is 0 Å². The molecule has 1 atom stereocenters. The van der Waals surface area contributed by atoms with Crippen LogP contribution in [0.25, 0.3) is 6.08 Å². The number of unbranched alkanes of at least 4 members (excludes halogenated alkanes) is 1. The highest BCUT2D eigenvalue weighted by Gasteiger charge is 2.12. The van der Waals surface area contributed by atoms with Crippen molar-refractivity contribution in [2.24, 2.45) is 5.73 Å². The minimum atomic E-state index is -0.170. The van der Waals surface area contributed by atoms with Crippen molar-refractivity contribution < 1.29 is 14.3 Å². The van der Waals surface area contributed by atoms with Gasteiger partial charge in [0.25, 0.3) is 5.91 Å². The molecule has 1 aromatic rings. The molecule has 3 N–H and O–H groups in total. The Kier molecular flexibility index (Phi) is 11.8. The van der Waals surface area contributed by atoms with Crippen LogP contribution in [-0.2, 0) is 4.79 Å². The summed E-state index contributed by atoms with van der Waals surface area (Å²) in [5.74, 6) is 0.986. The average Bonchev–Trinajstić information content (AvgIpc) is 2.57. The zero-order valence-corrected chi connectivity index (χ0v) is 15.5. The van der Waals surface area contributed by atoms with E-state index in [0.29, 0.717) is 18.0 Å². The topological polar surface area (TPSA) is 73.6 Å². The molecule has 136 valence electrons. The zero-order valence-electron chi connectivity index (χ0n) is 14.7. The fourth-order valence-corrected chi connectivity index (χ4v) is 2.21. The third-order valence-electron chi connectivity index (χ3n) is 3.46. The number of nitrogens with one attached hydrogen (secondary N) is 1. The molecule has 1 unspecified atom stereocenters. The first-order valence-corrected chi connectivity index (χ1v) is 8.07. The van der Waals surface area contributed by atoms with Crippen LogP contribution in [0.3, 0.4) is 0 Å². The smallest absolute Gasteiger partial charge is 0.258 e. The Bertz CT molecular complexity index is 521. The molecule has 0 aromatic heterocycles. The van der Waals surface area contributed by atoms with Crippen LogP contribution in [0.2, 0.25) is 0 Å². The number of carbonyl (C=O) groups excluding carboxylic acids is 1. The summed E-state index contributed by atoms with van der Waals surface area (Å²) >= 11 is 0. The highest BCUT2D eigenvalue weighted by atomic mass is 35.5. The normalized spacial score (nSPS) is 11.7. The number of carbonyl (C=O) groups is 1. The number of halogens is 1. The maximum Gasteiger partial charge on any atom is 0.258 e. The third-order valence-corrected chi connectivity index (χ3v) is 3.46. The summed E-state index contributed by atoms with van der Waals surface area (Å²) in [5, 5.41) is 2.90. The van der Waals surface area contributed by atoms with Crippen LogP contribution >= 0.6 is 12.4 Å². The van der Waals surface area contributed by atoms with Gasteiger partial charge in [-0.05, 0) is 31.0 Å². The number of benzene rings is 1. The van der Waals surface area contributed by atoms with Crippen LogP contribution in [0.5, 0.6) is 11.5 Å². The molecular formula is C18H29ClN2O3. The summed E-state index contributed by atoms with van der Waals surface area (Å²) in [5.41, 5.74) is 6.70. The van der Waals surface area contributed by atoms with Crippen LogP contribution in [0.15, 0.2) is 24.3 Å². The lowest BCUT2D eigenvalue weighted by Crippen LogP contribution is -2.42. The van der Waals surface area contributed by atoms with Gasteiger partial charge in [0.05, 0.1) is 7.11 Å². The first kappa shape index (κ1) is 22.3. The number of ether oxygens (including phenoxy) is 2. The van der Waals surface area contributed by atoms with Gasteiger partial charge >= 0.3 is 0 Å². The molecule has 5 nitrogen and oxygen atoms in total. The quantitative estimate of drug-likeness (QED) is 0.675. The van der Waals surface area contributed by atoms with Crippen LogP contribution in [0, 0.1) is 0 Å². The monoisotopic (exact) mass is 356 g/mol. The Morgan fingerprint density at radius 2 is 2.12 bits per heavy atom. The largest absolute Gasteiger partial charge is 0.493 e. The molecule has 1 aromatic carbocycles. The second-order valence-electron chi connectivity index (χ2n) is 5.34. The Morgan fingerprint density at radius 1 is 1.38 bits per heavy atom. The summed E-state index contributed by atoms with van der Waals surface area (Å²) < 4.78 is 10.9. The molecule has 0 bridgehead atoms. The van der Waals surface area contributed by atoms with E-state index in [1.807, 2.05) is 31.2 Å². The molecule has 0 saturated heterocycles. The van der Waals surface area contributed by atoms with Crippen LogP contribution in [0.4, 0.5) is 0 Å². The van der Waals surface area contributed by atoms with Gasteiger partial charge in [0, 0.05) is 12.6 Å². The molecule has 0 aliphatic rings. The van der Waals surface area contributed by atoms with E-state index in [2.05, 4.69) is 12.2 Å². The van der Waals surface area contributed by atoms with Gasteiger partial charge in [-0.25, -0.2) is 0 Å². The SMILES string of the molecule is C/C=C/c1ccc(OCC(=O)NC(CN)CCCC)c(OC)c1.Cl. The lowest BCUT2D eigenvalue weighted by atomic mass is 10.1. The zero-order chi connectivity index (χ0) is 17.1. The predicted molar refractivity (Wildman–Crippen MR) is 101 cm³/mol. The van der Waals surface area contributed by atoms with Crippen molar-refractivity contribution in [3.05, 3.63) is 29.8 Å². The lowest BCUT2D eigenvalue weighted by molar-refractivity contribution is -0.123. The van der Waals surface area contributed by atoms with Gasteiger partial charge in [-0.2, -0.15) is 0 Å². The second-order valence-corrected chi connectivity index (χ2v) is 5.34. The molecule has 1 amide bonds. The third kappa shape index (κ3) is 7.70. The van der Waals surface area contributed by atoms with E-state index in [1.165, 1.54) is 0 Å². The Balaban J connectivity index is 0.00000529. The standard InChI is InChI=1S/C18H28N2O3.ClH/c1-4-6-8-15(12-19)20-18(21)13-23-16-10-9-14(7-5-2)11-17(16)22-3;/h5,7,9-11,15H,4,6,8,12-13,19H2,1-3H3,(H,20,21);1H/b7-5+;. The van der Waals surface area contributed by atoms with Crippen LogP contribution in [0.1, 0.15) is 38.7 Å². The van der Waals surface area contributed by atoms with E-state index >= 15 is 0 Å². The number of hydrogen-bond acceptors (Lipinski definition) is 4. The second kappa shape index (κ2) is 12.7. The molecule has 0 fully saturated rings. The maximum absolute atomic E-state index is 12.0. The average molecular weight is 357 g/mol. The number of hydrogen-bond donors (Lipinski definition) is 2. The summed E-state index contributed by atoms with van der Waals surface area (Å²) in [6.07, 6.45) is 6.94. The summed E-state index contributed by atoms with van der Waals surface area (Å²) in [6.45, 7) is 4.45. The van der Waals surface area contributed by atoms with E-state index in [1.54, 1.807) is 13.2 Å². The molecule has 1 rings (SSSR count). The van der Waals surface area contributed by atoms with E-state index in [9.17, 15) is 4.79 Å². The maximum atomic E-state index is 12.0. The highest BCUT2D eigenvalue weighted by Crippen LogP contribution is 2.28. The minimum Gasteiger partial charge on any atom is -0.493 e. The molecule has 24 heavy (non-hydrogen) atoms. The van der Waals surface area contributed by atoms with Gasteiger partial charge in [-0.1, -0.05) is 38.0 Å². The van der Waals surface area contributed by atoms with Crippen molar-refractivity contribution in [3.8, 4) is 11.5 Å². The summed E-state index contributed by atoms with van der Waals surface area (Å²) in [7, 11) is 1.58. The fourth-order valence-electron chi connectivity index (χ4n) is 2.21. The van der Waals surface area contributed by atoms with Crippen molar-refractivity contribution in [2.75, 3.05) is 20.3 Å². The van der Waals surface area contributed by atoms with Crippen molar-refractivity contribution in [3.63, 3.8) is 0 Å². The number of allylic oxidation sites excluding steroid dienone is 1. The van der Waals surface area contributed by atoms with Crippen LogP contribution < -0.4 is 20.5 Å². The number of amides is 1. The molecule has 0 aliphatic heterocycles. The van der Waals surface area contributed by atoms with Crippen molar-refractivity contribution >= 4 is 24.4 Å². The van der Waals surface area contributed by atoms with Crippen molar-refractivity contribution in [2.45, 2.75) is 39.2 Å². The van der Waals surface area contributed by atoms with Crippen LogP contribution in [-0.4, -0.2) is 32.2 Å². The van der Waals surface area contributed by atoms with Gasteiger partial charge in [-0.3, -0.25) is 4.79 Å². The molecular weight excluding hydrogens is 328 g/mol. The number of methoxy groups -OCH3 is 1. The van der Waals surface area contributed by atoms with E-state index in [-0.39, 0.29) is 31.0 Å². The van der Waals surface area contributed by atoms with Crippen molar-refractivity contribution in [1.82, 2.24) is 5.32 Å². The van der Waals surface area contributed by atoms with Gasteiger partial charge in [0.15, 0.2) is 18.1 Å². The molecule has 0 heterocycles. The fraction of sp³-hybridized carbons (Fsp3) is 0.500. The van der Waals surface area contributed by atoms with Crippen molar-refractivity contribution in [1.29, 1.82) is 0 Å². The number of nitrogens with two attached hydrogens (primary N) is 1. The van der Waals surface area contributed by atoms with Gasteiger partial charge in [0.1, 0.15) is 0 Å².